The number of carbonyl (C=O) groups excluding carboxylic acids is 1. The van der Waals surface area contributed by atoms with Gasteiger partial charge in [-0.1, -0.05) is 63.7 Å². The number of carbonyl (C=O) groups is 1. The van der Waals surface area contributed by atoms with Crippen molar-refractivity contribution in [1.82, 2.24) is 9.78 Å². The monoisotopic (exact) mass is 373 g/mol. The van der Waals surface area contributed by atoms with Crippen LogP contribution in [0.2, 0.25) is 0 Å². The summed E-state index contributed by atoms with van der Waals surface area (Å²) in [7, 11) is 1.79. The van der Waals surface area contributed by atoms with Gasteiger partial charge in [0.15, 0.2) is 0 Å². The summed E-state index contributed by atoms with van der Waals surface area (Å²) in [6.45, 7) is 0. The summed E-state index contributed by atoms with van der Waals surface area (Å²) in [5.41, 5.74) is 1.55. The Morgan fingerprint density at radius 2 is 1.82 bits per heavy atom. The number of amides is 1. The van der Waals surface area contributed by atoms with Gasteiger partial charge < -0.3 is 0 Å². The summed E-state index contributed by atoms with van der Waals surface area (Å²) in [5.74, 6) is -0.265. The van der Waals surface area contributed by atoms with Crippen LogP contribution in [0.4, 0.5) is 0 Å². The zero-order chi connectivity index (χ0) is 15.5. The first-order chi connectivity index (χ1) is 10.6. The lowest BCUT2D eigenvalue weighted by Gasteiger charge is -1.97. The van der Waals surface area contributed by atoms with Gasteiger partial charge in [-0.3, -0.25) is 4.79 Å². The van der Waals surface area contributed by atoms with E-state index in [1.165, 1.54) is 11.3 Å². The number of rotatable bonds is 2. The Kier molecular flexibility index (Phi) is 4.31. The van der Waals surface area contributed by atoms with Gasteiger partial charge in [0.25, 0.3) is 5.91 Å². The van der Waals surface area contributed by atoms with Crippen molar-refractivity contribution < 1.29 is 4.79 Å². The maximum Gasteiger partial charge on any atom is 0.279 e. The third-order valence-corrected chi connectivity index (χ3v) is 4.75. The molecule has 2 aromatic carbocycles. The van der Waals surface area contributed by atoms with Crippen LogP contribution in [0.25, 0.3) is 10.6 Å². The minimum atomic E-state index is -0.265. The molecule has 6 heteroatoms. The highest BCUT2D eigenvalue weighted by Crippen LogP contribution is 2.27. The van der Waals surface area contributed by atoms with Crippen LogP contribution in [0.5, 0.6) is 0 Å². The lowest BCUT2D eigenvalue weighted by atomic mass is 10.2. The molecule has 0 radical (unpaired) electrons. The van der Waals surface area contributed by atoms with Crippen LogP contribution >= 0.6 is 27.3 Å². The normalized spacial score (nSPS) is 11.6. The standard InChI is InChI=1S/C16H12BrN3OS/c1-20-16(18-14(21)11-7-3-2-4-8-11)22-15(19-20)12-9-5-6-10-13(12)17/h2-10H,1H3. The minimum Gasteiger partial charge on any atom is -0.267 e. The number of aryl methyl sites for hydroxylation is 1. The fourth-order valence-electron chi connectivity index (χ4n) is 1.92. The van der Waals surface area contributed by atoms with Gasteiger partial charge in [0.2, 0.25) is 4.80 Å². The molecular formula is C16H12BrN3OS. The Labute approximate surface area is 139 Å². The van der Waals surface area contributed by atoms with E-state index in [1.54, 1.807) is 23.9 Å². The van der Waals surface area contributed by atoms with Crippen molar-refractivity contribution in [3.63, 3.8) is 0 Å². The topological polar surface area (TPSA) is 47.2 Å². The van der Waals surface area contributed by atoms with E-state index in [-0.39, 0.29) is 5.91 Å². The lowest BCUT2D eigenvalue weighted by Crippen LogP contribution is -2.14. The molecule has 0 aliphatic rings. The van der Waals surface area contributed by atoms with E-state index in [0.29, 0.717) is 10.4 Å². The van der Waals surface area contributed by atoms with E-state index in [2.05, 4.69) is 26.0 Å². The average Bonchev–Trinajstić information content (AvgIpc) is 2.89. The predicted molar refractivity (Wildman–Crippen MR) is 90.6 cm³/mol. The van der Waals surface area contributed by atoms with Crippen LogP contribution in [0.1, 0.15) is 10.4 Å². The van der Waals surface area contributed by atoms with Crippen LogP contribution in [0.15, 0.2) is 64.1 Å². The van der Waals surface area contributed by atoms with Crippen LogP contribution < -0.4 is 4.80 Å². The fraction of sp³-hybridized carbons (Fsp3) is 0.0625. The van der Waals surface area contributed by atoms with Crippen LogP contribution in [-0.2, 0) is 7.05 Å². The summed E-state index contributed by atoms with van der Waals surface area (Å²) in [6, 6.07) is 16.9. The van der Waals surface area contributed by atoms with Crippen molar-refractivity contribution in [2.45, 2.75) is 0 Å². The number of hydrogen-bond donors (Lipinski definition) is 0. The van der Waals surface area contributed by atoms with Crippen LogP contribution in [-0.4, -0.2) is 15.7 Å². The molecule has 0 saturated heterocycles. The van der Waals surface area contributed by atoms with Gasteiger partial charge in [0.1, 0.15) is 5.01 Å². The molecule has 0 N–H and O–H groups in total. The smallest absolute Gasteiger partial charge is 0.267 e. The number of nitrogens with zero attached hydrogens (tertiary/aromatic N) is 3. The highest BCUT2D eigenvalue weighted by Gasteiger charge is 2.10. The second-order valence-electron chi connectivity index (χ2n) is 4.58. The van der Waals surface area contributed by atoms with Gasteiger partial charge in [-0.2, -0.15) is 10.1 Å². The SMILES string of the molecule is Cn1nc(-c2ccccc2Br)sc1=NC(=O)c1ccccc1. The van der Waals surface area contributed by atoms with E-state index < -0.39 is 0 Å². The molecule has 0 aliphatic heterocycles. The second kappa shape index (κ2) is 6.37. The number of hydrogen-bond acceptors (Lipinski definition) is 3. The third-order valence-electron chi connectivity index (χ3n) is 3.03. The second-order valence-corrected chi connectivity index (χ2v) is 6.39. The molecule has 0 spiro atoms. The molecule has 3 aromatic rings. The van der Waals surface area contributed by atoms with Crippen molar-refractivity contribution in [1.29, 1.82) is 0 Å². The summed E-state index contributed by atoms with van der Waals surface area (Å²) in [5, 5.41) is 5.26. The van der Waals surface area contributed by atoms with Crippen molar-refractivity contribution in [3.8, 4) is 10.6 Å². The molecule has 0 saturated carbocycles. The van der Waals surface area contributed by atoms with Gasteiger partial charge in [0, 0.05) is 22.6 Å². The molecule has 1 amide bonds. The van der Waals surface area contributed by atoms with Crippen molar-refractivity contribution in [2.24, 2.45) is 12.0 Å². The maximum absolute atomic E-state index is 12.2. The Hall–Kier alpha value is -2.05. The van der Waals surface area contributed by atoms with E-state index in [9.17, 15) is 4.79 Å². The van der Waals surface area contributed by atoms with Gasteiger partial charge in [-0.25, -0.2) is 4.68 Å². The summed E-state index contributed by atoms with van der Waals surface area (Å²) in [4.78, 5) is 16.9. The maximum atomic E-state index is 12.2. The van der Waals surface area contributed by atoms with E-state index in [0.717, 1.165) is 15.0 Å². The average molecular weight is 374 g/mol. The Balaban J connectivity index is 2.02. The molecule has 0 bridgehead atoms. The van der Waals surface area contributed by atoms with E-state index >= 15 is 0 Å². The lowest BCUT2D eigenvalue weighted by molar-refractivity contribution is 0.0997. The van der Waals surface area contributed by atoms with Gasteiger partial charge in [-0.15, -0.1) is 0 Å². The van der Waals surface area contributed by atoms with Crippen LogP contribution in [0.3, 0.4) is 0 Å². The quantitative estimate of drug-likeness (QED) is 0.688. The first kappa shape index (κ1) is 14.9. The van der Waals surface area contributed by atoms with E-state index in [4.69, 9.17) is 0 Å². The molecule has 0 fully saturated rings. The largest absolute Gasteiger partial charge is 0.279 e. The zero-order valence-electron chi connectivity index (χ0n) is 11.7. The molecule has 4 nitrogen and oxygen atoms in total. The zero-order valence-corrected chi connectivity index (χ0v) is 14.1. The van der Waals surface area contributed by atoms with Gasteiger partial charge >= 0.3 is 0 Å². The summed E-state index contributed by atoms with van der Waals surface area (Å²) >= 11 is 4.90. The highest BCUT2D eigenvalue weighted by molar-refractivity contribution is 9.10. The number of aromatic nitrogens is 2. The highest BCUT2D eigenvalue weighted by atomic mass is 79.9. The third kappa shape index (κ3) is 3.08. The fourth-order valence-corrected chi connectivity index (χ4v) is 3.45. The minimum absolute atomic E-state index is 0.265. The van der Waals surface area contributed by atoms with Crippen molar-refractivity contribution in [2.75, 3.05) is 0 Å². The number of halogens is 1. The van der Waals surface area contributed by atoms with Crippen LogP contribution in [0, 0.1) is 0 Å². The van der Waals surface area contributed by atoms with Crippen molar-refractivity contribution >= 4 is 33.2 Å². The number of benzene rings is 2. The Morgan fingerprint density at radius 3 is 2.55 bits per heavy atom. The van der Waals surface area contributed by atoms with E-state index in [1.807, 2.05) is 42.5 Å². The molecule has 0 unspecified atom stereocenters. The molecule has 0 atom stereocenters. The molecule has 22 heavy (non-hydrogen) atoms. The molecule has 110 valence electrons. The van der Waals surface area contributed by atoms with Gasteiger partial charge in [0.05, 0.1) is 0 Å². The molecular weight excluding hydrogens is 362 g/mol. The first-order valence-corrected chi connectivity index (χ1v) is 8.19. The molecule has 1 aromatic heterocycles. The van der Waals surface area contributed by atoms with Gasteiger partial charge in [-0.05, 0) is 18.2 Å². The molecule has 1 heterocycles. The molecule has 3 rings (SSSR count). The van der Waals surface area contributed by atoms with Crippen molar-refractivity contribution in [3.05, 3.63) is 69.4 Å². The summed E-state index contributed by atoms with van der Waals surface area (Å²) < 4.78 is 2.59. The Morgan fingerprint density at radius 1 is 1.14 bits per heavy atom. The first-order valence-electron chi connectivity index (χ1n) is 6.58. The Bertz CT molecular complexity index is 884. The predicted octanol–water partition coefficient (Wildman–Crippen LogP) is 3.65. The summed E-state index contributed by atoms with van der Waals surface area (Å²) in [6.07, 6.45) is 0. The molecule has 0 aliphatic carbocycles.